The van der Waals surface area contributed by atoms with Crippen LogP contribution in [0.15, 0.2) is 109 Å². The minimum absolute atomic E-state index is 0.152. The summed E-state index contributed by atoms with van der Waals surface area (Å²) in [6.45, 7) is 17.3. The smallest absolute Gasteiger partial charge is 0.347 e. The van der Waals surface area contributed by atoms with Crippen molar-refractivity contribution in [3.8, 4) is 17.2 Å². The van der Waals surface area contributed by atoms with Crippen molar-refractivity contribution in [1.29, 1.82) is 0 Å². The first-order valence-corrected chi connectivity index (χ1v) is 17.0. The van der Waals surface area contributed by atoms with E-state index < -0.39 is 24.4 Å². The van der Waals surface area contributed by atoms with Gasteiger partial charge in [-0.15, -0.1) is 6.58 Å². The van der Waals surface area contributed by atoms with Gasteiger partial charge >= 0.3 is 5.97 Å². The maximum Gasteiger partial charge on any atom is 0.347 e. The molecule has 0 radical (unpaired) electrons. The predicted molar refractivity (Wildman–Crippen MR) is 206 cm³/mol. The molecule has 0 amide bonds. The average molecular weight is 716 g/mol. The lowest BCUT2D eigenvalue weighted by Crippen LogP contribution is -2.33. The van der Waals surface area contributed by atoms with Gasteiger partial charge in [-0.2, -0.15) is 0 Å². The third-order valence-corrected chi connectivity index (χ3v) is 7.90. The number of halogens is 2. The Labute approximate surface area is 306 Å². The molecule has 0 unspecified atom stereocenters. The standard InChI is InChI=1S/C32H33F2N3O5.C8H12.C2H6/c1-20-14-24(16-27(33)34)15-21(2)29(20)37-19-35-30(28(31(37)38)32(39)42-5)36(17-22-6-10-25(40-3)11-7-22)18-23-8-12-26(41-4)13-9-23;1-4-7-8(5-2)6-3;1-2/h6-15,19,27H,16-18H2,1-5H3;4-6H,1-2,7H2,3H3;1-2H3/b;8-6+;. The maximum atomic E-state index is 14.0. The molecule has 10 heteroatoms. The Morgan fingerprint density at radius 3 is 1.75 bits per heavy atom. The number of allylic oxidation sites excluding steroid dienone is 4. The molecular formula is C42H51F2N3O5. The van der Waals surface area contributed by atoms with Gasteiger partial charge in [-0.25, -0.2) is 18.6 Å². The largest absolute Gasteiger partial charge is 0.497 e. The first-order chi connectivity index (χ1) is 25.0. The summed E-state index contributed by atoms with van der Waals surface area (Å²) in [6, 6.07) is 18.1. The van der Waals surface area contributed by atoms with Gasteiger partial charge in [-0.05, 0) is 84.8 Å². The van der Waals surface area contributed by atoms with Gasteiger partial charge in [0, 0.05) is 19.5 Å². The van der Waals surface area contributed by atoms with Gasteiger partial charge in [0.05, 0.1) is 27.0 Å². The Morgan fingerprint density at radius 2 is 1.38 bits per heavy atom. The summed E-state index contributed by atoms with van der Waals surface area (Å²) < 4.78 is 42.9. The SMILES string of the molecule is C=CC/C(C=C)=C/C.CC.COC(=O)c1c(N(Cc2ccc(OC)cc2)Cc2ccc(OC)cc2)ncn(-c2c(C)cc(CC(F)F)cc2C)c1=O. The molecule has 0 spiro atoms. The van der Waals surface area contributed by atoms with Crippen LogP contribution in [0.5, 0.6) is 11.5 Å². The van der Waals surface area contributed by atoms with Crippen LogP contribution in [0.3, 0.4) is 0 Å². The summed E-state index contributed by atoms with van der Waals surface area (Å²) in [5, 5.41) is 0. The number of alkyl halides is 2. The molecule has 0 aliphatic rings. The molecule has 0 saturated carbocycles. The fraction of sp³-hybridized carbons (Fsp3) is 0.310. The van der Waals surface area contributed by atoms with Crippen LogP contribution in [0.4, 0.5) is 14.6 Å². The molecule has 0 N–H and O–H groups in total. The minimum atomic E-state index is -2.49. The number of carbonyl (C=O) groups excluding carboxylic acids is 1. The van der Waals surface area contributed by atoms with Crippen LogP contribution in [0, 0.1) is 13.8 Å². The summed E-state index contributed by atoms with van der Waals surface area (Å²) >= 11 is 0. The number of aryl methyl sites for hydroxylation is 2. The van der Waals surface area contributed by atoms with Crippen molar-refractivity contribution in [1.82, 2.24) is 9.55 Å². The molecule has 278 valence electrons. The van der Waals surface area contributed by atoms with E-state index >= 15 is 0 Å². The van der Waals surface area contributed by atoms with Crippen LogP contribution in [0.2, 0.25) is 0 Å². The number of nitrogens with zero attached hydrogens (tertiary/aromatic N) is 3. The second kappa shape index (κ2) is 21.6. The lowest BCUT2D eigenvalue weighted by Gasteiger charge is -2.26. The quantitative estimate of drug-likeness (QED) is 0.0731. The molecular weight excluding hydrogens is 664 g/mol. The monoisotopic (exact) mass is 715 g/mol. The van der Waals surface area contributed by atoms with E-state index in [4.69, 9.17) is 14.2 Å². The molecule has 0 saturated heterocycles. The molecule has 1 aromatic heterocycles. The lowest BCUT2D eigenvalue weighted by molar-refractivity contribution is 0.0598. The van der Waals surface area contributed by atoms with E-state index in [0.29, 0.717) is 47.0 Å². The van der Waals surface area contributed by atoms with Crippen LogP contribution in [-0.2, 0) is 24.2 Å². The zero-order valence-corrected chi connectivity index (χ0v) is 31.5. The van der Waals surface area contributed by atoms with Crippen molar-refractivity contribution in [3.63, 3.8) is 0 Å². The van der Waals surface area contributed by atoms with Crippen LogP contribution < -0.4 is 19.9 Å². The summed E-state index contributed by atoms with van der Waals surface area (Å²) in [4.78, 5) is 33.6. The number of anilines is 1. The van der Waals surface area contributed by atoms with E-state index in [1.165, 1.54) is 23.6 Å². The van der Waals surface area contributed by atoms with Gasteiger partial charge in [0.25, 0.3) is 5.56 Å². The second-order valence-electron chi connectivity index (χ2n) is 11.4. The van der Waals surface area contributed by atoms with Crippen LogP contribution in [0.1, 0.15) is 65.4 Å². The number of ether oxygens (including phenoxy) is 3. The van der Waals surface area contributed by atoms with Crippen LogP contribution in [-0.4, -0.2) is 43.3 Å². The summed E-state index contributed by atoms with van der Waals surface area (Å²) in [7, 11) is 4.38. The van der Waals surface area contributed by atoms with E-state index in [9.17, 15) is 18.4 Å². The lowest BCUT2D eigenvalue weighted by atomic mass is 10.0. The Bertz CT molecular complexity index is 1780. The van der Waals surface area contributed by atoms with Crippen molar-refractivity contribution in [2.45, 2.75) is 67.0 Å². The van der Waals surface area contributed by atoms with Crippen molar-refractivity contribution < 1.29 is 27.8 Å². The Morgan fingerprint density at radius 1 is 0.885 bits per heavy atom. The molecule has 8 nitrogen and oxygen atoms in total. The number of aromatic nitrogens is 2. The number of esters is 1. The highest BCUT2D eigenvalue weighted by Gasteiger charge is 2.26. The van der Waals surface area contributed by atoms with E-state index in [1.54, 1.807) is 40.2 Å². The highest BCUT2D eigenvalue weighted by atomic mass is 19.3. The molecule has 4 aromatic rings. The van der Waals surface area contributed by atoms with Gasteiger partial charge in [0.15, 0.2) is 11.4 Å². The molecule has 4 rings (SSSR count). The number of hydrogen-bond acceptors (Lipinski definition) is 7. The number of hydrogen-bond donors (Lipinski definition) is 0. The van der Waals surface area contributed by atoms with E-state index in [2.05, 4.69) is 18.1 Å². The van der Waals surface area contributed by atoms with Crippen molar-refractivity contribution in [2.75, 3.05) is 26.2 Å². The second-order valence-corrected chi connectivity index (χ2v) is 11.4. The first-order valence-electron chi connectivity index (χ1n) is 17.0. The van der Waals surface area contributed by atoms with E-state index in [-0.39, 0.29) is 11.4 Å². The Kier molecular flexibility index (Phi) is 17.8. The molecule has 0 fully saturated rings. The number of rotatable bonds is 14. The minimum Gasteiger partial charge on any atom is -0.497 e. The molecule has 52 heavy (non-hydrogen) atoms. The van der Waals surface area contributed by atoms with E-state index in [0.717, 1.165) is 17.5 Å². The van der Waals surface area contributed by atoms with Crippen LogP contribution in [0.25, 0.3) is 5.69 Å². The zero-order chi connectivity index (χ0) is 38.8. The van der Waals surface area contributed by atoms with Crippen LogP contribution >= 0.6 is 0 Å². The molecule has 3 aromatic carbocycles. The fourth-order valence-corrected chi connectivity index (χ4v) is 5.44. The van der Waals surface area contributed by atoms with Crippen molar-refractivity contribution in [3.05, 3.63) is 148 Å². The summed E-state index contributed by atoms with van der Waals surface area (Å²) in [5.41, 5.74) is 4.29. The van der Waals surface area contributed by atoms with Crippen molar-refractivity contribution in [2.24, 2.45) is 0 Å². The van der Waals surface area contributed by atoms with Gasteiger partial charge < -0.3 is 19.1 Å². The maximum absolute atomic E-state index is 14.0. The first kappa shape index (κ1) is 42.7. The zero-order valence-electron chi connectivity index (χ0n) is 31.5. The summed E-state index contributed by atoms with van der Waals surface area (Å²) in [6.07, 6.45) is 5.16. The molecule has 0 bridgehead atoms. The fourth-order valence-electron chi connectivity index (χ4n) is 5.44. The number of carbonyl (C=O) groups is 1. The Balaban J connectivity index is 0.000000827. The third-order valence-electron chi connectivity index (χ3n) is 7.90. The van der Waals surface area contributed by atoms with Gasteiger partial charge in [0.1, 0.15) is 17.8 Å². The Hall–Kier alpha value is -5.51. The predicted octanol–water partition coefficient (Wildman–Crippen LogP) is 9.39. The molecule has 0 atom stereocenters. The van der Waals surface area contributed by atoms with E-state index in [1.807, 2.05) is 92.4 Å². The molecule has 0 aliphatic carbocycles. The topological polar surface area (TPSA) is 82.9 Å². The highest BCUT2D eigenvalue weighted by molar-refractivity contribution is 5.94. The molecule has 0 aliphatic heterocycles. The normalized spacial score (nSPS) is 10.6. The molecule has 1 heterocycles. The van der Waals surface area contributed by atoms with Gasteiger partial charge in [-0.3, -0.25) is 9.36 Å². The van der Waals surface area contributed by atoms with Gasteiger partial charge in [-0.1, -0.05) is 75.1 Å². The van der Waals surface area contributed by atoms with Crippen molar-refractivity contribution >= 4 is 11.8 Å². The average Bonchev–Trinajstić information content (AvgIpc) is 3.15. The number of methoxy groups -OCH3 is 3. The highest BCUT2D eigenvalue weighted by Crippen LogP contribution is 2.26. The third kappa shape index (κ3) is 11.8. The van der Waals surface area contributed by atoms with Gasteiger partial charge in [0.2, 0.25) is 6.43 Å². The summed E-state index contributed by atoms with van der Waals surface area (Å²) in [5.74, 6) is 0.707. The number of benzene rings is 3.